The van der Waals surface area contributed by atoms with Crippen LogP contribution in [0.5, 0.6) is 5.75 Å². The Bertz CT molecular complexity index is 795. The van der Waals surface area contributed by atoms with Crippen molar-refractivity contribution in [2.45, 2.75) is 37.5 Å². The molecular weight excluding hydrogens is 376 g/mol. The van der Waals surface area contributed by atoms with E-state index in [1.165, 1.54) is 0 Å². The summed E-state index contributed by atoms with van der Waals surface area (Å²) in [4.78, 5) is 15.6. The van der Waals surface area contributed by atoms with Crippen molar-refractivity contribution >= 4 is 11.6 Å². The van der Waals surface area contributed by atoms with E-state index in [1.807, 2.05) is 42.5 Å². The zero-order chi connectivity index (χ0) is 20.7. The van der Waals surface area contributed by atoms with E-state index < -0.39 is 5.41 Å². The summed E-state index contributed by atoms with van der Waals surface area (Å²) in [6.45, 7) is 5.43. The van der Waals surface area contributed by atoms with Crippen molar-refractivity contribution in [1.29, 1.82) is 0 Å². The Morgan fingerprint density at radius 2 is 1.70 bits per heavy atom. The molecule has 30 heavy (non-hydrogen) atoms. The number of hydrogen-bond donors (Lipinski definition) is 1. The standard InChI is InChI=1S/C25H32N2O3/c28-24(25(13-4-5-14-25)21-7-2-1-3-8-21)26-22-9-11-23(12-10-22)30-18-6-15-27-16-19-29-20-17-27/h1-3,7-12H,4-6,13-20H2,(H,26,28). The smallest absolute Gasteiger partial charge is 0.235 e. The molecule has 0 unspecified atom stereocenters. The van der Waals surface area contributed by atoms with Gasteiger partial charge in [0, 0.05) is 25.3 Å². The van der Waals surface area contributed by atoms with E-state index in [2.05, 4.69) is 22.3 Å². The van der Waals surface area contributed by atoms with Crippen LogP contribution < -0.4 is 10.1 Å². The summed E-state index contributed by atoms with van der Waals surface area (Å²) in [5.41, 5.74) is 1.54. The molecular formula is C25H32N2O3. The molecule has 2 aliphatic rings. The summed E-state index contributed by atoms with van der Waals surface area (Å²) in [5.74, 6) is 0.944. The fourth-order valence-electron chi connectivity index (χ4n) is 4.57. The molecule has 0 radical (unpaired) electrons. The zero-order valence-electron chi connectivity index (χ0n) is 17.6. The van der Waals surface area contributed by atoms with Crippen LogP contribution in [-0.2, 0) is 14.9 Å². The maximum Gasteiger partial charge on any atom is 0.235 e. The van der Waals surface area contributed by atoms with Gasteiger partial charge in [0.25, 0.3) is 0 Å². The Morgan fingerprint density at radius 3 is 2.40 bits per heavy atom. The number of benzene rings is 2. The van der Waals surface area contributed by atoms with E-state index in [4.69, 9.17) is 9.47 Å². The average Bonchev–Trinajstić information content (AvgIpc) is 3.31. The molecule has 1 heterocycles. The molecule has 1 N–H and O–H groups in total. The van der Waals surface area contributed by atoms with Gasteiger partial charge < -0.3 is 14.8 Å². The van der Waals surface area contributed by atoms with Crippen LogP contribution in [0.3, 0.4) is 0 Å². The van der Waals surface area contributed by atoms with E-state index in [0.717, 1.165) is 82.0 Å². The summed E-state index contributed by atoms with van der Waals surface area (Å²) in [5, 5.41) is 3.15. The van der Waals surface area contributed by atoms with Gasteiger partial charge in [-0.05, 0) is 49.1 Å². The topological polar surface area (TPSA) is 50.8 Å². The Labute approximate surface area is 179 Å². The minimum Gasteiger partial charge on any atom is -0.494 e. The summed E-state index contributed by atoms with van der Waals surface area (Å²) >= 11 is 0. The lowest BCUT2D eigenvalue weighted by Crippen LogP contribution is -2.37. The lowest BCUT2D eigenvalue weighted by atomic mass is 9.78. The third-order valence-corrected chi connectivity index (χ3v) is 6.32. The van der Waals surface area contributed by atoms with Gasteiger partial charge in [-0.3, -0.25) is 9.69 Å². The highest BCUT2D eigenvalue weighted by Crippen LogP contribution is 2.42. The molecule has 0 bridgehead atoms. The van der Waals surface area contributed by atoms with Crippen LogP contribution in [0.25, 0.3) is 0 Å². The van der Waals surface area contributed by atoms with Crippen molar-refractivity contribution < 1.29 is 14.3 Å². The fraction of sp³-hybridized carbons (Fsp3) is 0.480. The van der Waals surface area contributed by atoms with E-state index in [0.29, 0.717) is 6.61 Å². The quantitative estimate of drug-likeness (QED) is 0.664. The molecule has 0 aromatic heterocycles. The second-order valence-corrected chi connectivity index (χ2v) is 8.29. The predicted molar refractivity (Wildman–Crippen MR) is 119 cm³/mol. The second-order valence-electron chi connectivity index (χ2n) is 8.29. The number of carbonyl (C=O) groups excluding carboxylic acids is 1. The number of carbonyl (C=O) groups is 1. The van der Waals surface area contributed by atoms with Crippen molar-refractivity contribution in [2.75, 3.05) is 44.8 Å². The SMILES string of the molecule is O=C(Nc1ccc(OCCCN2CCOCC2)cc1)C1(c2ccccc2)CCCC1. The number of hydrogen-bond acceptors (Lipinski definition) is 4. The van der Waals surface area contributed by atoms with E-state index in [9.17, 15) is 4.79 Å². The molecule has 1 saturated heterocycles. The molecule has 5 heteroatoms. The number of amides is 1. The van der Waals surface area contributed by atoms with Gasteiger partial charge in [0.15, 0.2) is 0 Å². The zero-order valence-corrected chi connectivity index (χ0v) is 17.6. The molecule has 2 fully saturated rings. The molecule has 0 atom stereocenters. The first-order chi connectivity index (χ1) is 14.8. The number of ether oxygens (including phenoxy) is 2. The lowest BCUT2D eigenvalue weighted by molar-refractivity contribution is -0.121. The summed E-state index contributed by atoms with van der Waals surface area (Å²) in [7, 11) is 0. The monoisotopic (exact) mass is 408 g/mol. The Morgan fingerprint density at radius 1 is 1.00 bits per heavy atom. The third kappa shape index (κ3) is 5.02. The molecule has 160 valence electrons. The van der Waals surface area contributed by atoms with Crippen molar-refractivity contribution in [1.82, 2.24) is 4.90 Å². The minimum absolute atomic E-state index is 0.102. The number of nitrogens with one attached hydrogen (secondary N) is 1. The van der Waals surface area contributed by atoms with Crippen molar-refractivity contribution in [2.24, 2.45) is 0 Å². The number of anilines is 1. The van der Waals surface area contributed by atoms with Crippen LogP contribution in [0, 0.1) is 0 Å². The Balaban J connectivity index is 1.29. The third-order valence-electron chi connectivity index (χ3n) is 6.32. The van der Waals surface area contributed by atoms with Crippen LogP contribution in [-0.4, -0.2) is 50.3 Å². The van der Waals surface area contributed by atoms with Crippen LogP contribution in [0.2, 0.25) is 0 Å². The van der Waals surface area contributed by atoms with Crippen LogP contribution in [0.15, 0.2) is 54.6 Å². The van der Waals surface area contributed by atoms with Crippen LogP contribution >= 0.6 is 0 Å². The number of morpholine rings is 1. The van der Waals surface area contributed by atoms with E-state index >= 15 is 0 Å². The average molecular weight is 409 g/mol. The van der Waals surface area contributed by atoms with Gasteiger partial charge >= 0.3 is 0 Å². The highest BCUT2D eigenvalue weighted by molar-refractivity contribution is 5.99. The van der Waals surface area contributed by atoms with Gasteiger partial charge in [-0.15, -0.1) is 0 Å². The molecule has 0 spiro atoms. The first-order valence-corrected chi connectivity index (χ1v) is 11.2. The molecule has 1 aliphatic carbocycles. The maximum atomic E-state index is 13.2. The molecule has 1 saturated carbocycles. The molecule has 2 aromatic rings. The lowest BCUT2D eigenvalue weighted by Gasteiger charge is -2.28. The predicted octanol–water partition coefficient (Wildman–Crippen LogP) is 4.24. The minimum atomic E-state index is -0.407. The summed E-state index contributed by atoms with van der Waals surface area (Å²) in [6, 6.07) is 18.0. The summed E-state index contributed by atoms with van der Waals surface area (Å²) < 4.78 is 11.3. The molecule has 1 aliphatic heterocycles. The number of rotatable bonds is 8. The normalized spacial score (nSPS) is 18.8. The van der Waals surface area contributed by atoms with Gasteiger partial charge in [-0.1, -0.05) is 43.2 Å². The largest absolute Gasteiger partial charge is 0.494 e. The van der Waals surface area contributed by atoms with E-state index in [1.54, 1.807) is 0 Å². The molecule has 2 aromatic carbocycles. The van der Waals surface area contributed by atoms with Crippen LogP contribution in [0.4, 0.5) is 5.69 Å². The molecule has 5 nitrogen and oxygen atoms in total. The highest BCUT2D eigenvalue weighted by atomic mass is 16.5. The van der Waals surface area contributed by atoms with Gasteiger partial charge in [0.2, 0.25) is 5.91 Å². The maximum absolute atomic E-state index is 13.2. The first-order valence-electron chi connectivity index (χ1n) is 11.2. The van der Waals surface area contributed by atoms with Crippen molar-refractivity contribution in [3.8, 4) is 5.75 Å². The fourth-order valence-corrected chi connectivity index (χ4v) is 4.57. The van der Waals surface area contributed by atoms with Crippen LogP contribution in [0.1, 0.15) is 37.7 Å². The highest BCUT2D eigenvalue weighted by Gasteiger charge is 2.42. The van der Waals surface area contributed by atoms with Gasteiger partial charge in [0.1, 0.15) is 5.75 Å². The van der Waals surface area contributed by atoms with Gasteiger partial charge in [-0.2, -0.15) is 0 Å². The van der Waals surface area contributed by atoms with Gasteiger partial charge in [0.05, 0.1) is 25.2 Å². The van der Waals surface area contributed by atoms with Crippen molar-refractivity contribution in [3.05, 3.63) is 60.2 Å². The second kappa shape index (κ2) is 10.1. The van der Waals surface area contributed by atoms with Gasteiger partial charge in [-0.25, -0.2) is 0 Å². The summed E-state index contributed by atoms with van der Waals surface area (Å²) in [6.07, 6.45) is 5.01. The molecule has 1 amide bonds. The Kier molecular flexibility index (Phi) is 7.03. The van der Waals surface area contributed by atoms with E-state index in [-0.39, 0.29) is 5.91 Å². The van der Waals surface area contributed by atoms with Crippen molar-refractivity contribution in [3.63, 3.8) is 0 Å². The molecule has 4 rings (SSSR count). The first kappa shape index (κ1) is 20.9. The Hall–Kier alpha value is -2.37. The number of nitrogens with zero attached hydrogens (tertiary/aromatic N) is 1.